The van der Waals surface area contributed by atoms with Gasteiger partial charge in [0.2, 0.25) is 0 Å². The summed E-state index contributed by atoms with van der Waals surface area (Å²) in [4.78, 5) is 13.9. The maximum Gasteiger partial charge on any atom is 0.322 e. The van der Waals surface area contributed by atoms with Crippen molar-refractivity contribution in [3.63, 3.8) is 0 Å². The Balaban J connectivity index is 2.15. The van der Waals surface area contributed by atoms with Gasteiger partial charge in [0.15, 0.2) is 0 Å². The van der Waals surface area contributed by atoms with Crippen molar-refractivity contribution in [1.29, 1.82) is 0 Å². The molecule has 1 aliphatic rings. The summed E-state index contributed by atoms with van der Waals surface area (Å²) in [5.41, 5.74) is 1.19. The molecule has 1 unspecified atom stereocenters. The van der Waals surface area contributed by atoms with Crippen molar-refractivity contribution in [1.82, 2.24) is 4.90 Å². The van der Waals surface area contributed by atoms with Crippen LogP contribution in [0.15, 0.2) is 24.3 Å². The van der Waals surface area contributed by atoms with Crippen LogP contribution >= 0.6 is 0 Å². The highest BCUT2D eigenvalue weighted by Gasteiger charge is 2.40. The Morgan fingerprint density at radius 1 is 1.52 bits per heavy atom. The van der Waals surface area contributed by atoms with E-state index in [1.807, 2.05) is 19.1 Å². The van der Waals surface area contributed by atoms with E-state index < -0.39 is 0 Å². The molecule has 1 aromatic carbocycles. The fourth-order valence-electron chi connectivity index (χ4n) is 3.23. The molecule has 21 heavy (non-hydrogen) atoms. The van der Waals surface area contributed by atoms with E-state index in [1.165, 1.54) is 12.7 Å². The van der Waals surface area contributed by atoms with Gasteiger partial charge < -0.3 is 9.84 Å². The summed E-state index contributed by atoms with van der Waals surface area (Å²) in [7, 11) is 1.43. The second-order valence-corrected chi connectivity index (χ2v) is 6.31. The maximum atomic E-state index is 11.7. The number of aromatic hydroxyl groups is 1. The third-order valence-electron chi connectivity index (χ3n) is 5.11. The molecule has 1 heterocycles. The second kappa shape index (κ2) is 6.06. The zero-order valence-corrected chi connectivity index (χ0v) is 13.3. The lowest BCUT2D eigenvalue weighted by Crippen LogP contribution is -2.52. The quantitative estimate of drug-likeness (QED) is 0.870. The van der Waals surface area contributed by atoms with Crippen LogP contribution in [0, 0.1) is 5.92 Å². The molecule has 1 N–H and O–H groups in total. The van der Waals surface area contributed by atoms with Crippen LogP contribution in [0.25, 0.3) is 0 Å². The molecule has 1 aliphatic heterocycles. The van der Waals surface area contributed by atoms with Crippen LogP contribution in [0.4, 0.5) is 0 Å². The Morgan fingerprint density at radius 2 is 2.24 bits per heavy atom. The predicted octanol–water partition coefficient (Wildman–Crippen LogP) is 2.55. The second-order valence-electron chi connectivity index (χ2n) is 6.31. The van der Waals surface area contributed by atoms with E-state index >= 15 is 0 Å². The standard InChI is InChI=1S/C17H25NO3/c1-12-11-18(13(2)16(20)21-4)9-8-17(12,3)14-6-5-7-15(19)10-14/h5-7,10,12-13,19H,8-9,11H2,1-4H3/t12-,13?,17+/m0/s1. The zero-order chi connectivity index (χ0) is 15.6. The number of hydrogen-bond donors (Lipinski definition) is 1. The van der Waals surface area contributed by atoms with Crippen molar-refractivity contribution < 1.29 is 14.6 Å². The number of rotatable bonds is 3. The average Bonchev–Trinajstić information content (AvgIpc) is 2.48. The van der Waals surface area contributed by atoms with E-state index in [1.54, 1.807) is 6.07 Å². The number of phenols is 1. The lowest BCUT2D eigenvalue weighted by Gasteiger charge is -2.46. The average molecular weight is 291 g/mol. The van der Waals surface area contributed by atoms with Gasteiger partial charge in [0.25, 0.3) is 0 Å². The number of methoxy groups -OCH3 is 1. The highest BCUT2D eigenvalue weighted by Crippen LogP contribution is 2.40. The number of benzene rings is 1. The molecule has 0 aromatic heterocycles. The molecule has 0 spiro atoms. The summed E-state index contributed by atoms with van der Waals surface area (Å²) < 4.78 is 4.84. The molecule has 0 saturated carbocycles. The van der Waals surface area contributed by atoms with Gasteiger partial charge in [0.1, 0.15) is 11.8 Å². The monoisotopic (exact) mass is 291 g/mol. The fraction of sp³-hybridized carbons (Fsp3) is 0.588. The minimum Gasteiger partial charge on any atom is -0.508 e. The summed E-state index contributed by atoms with van der Waals surface area (Å²) in [6.07, 6.45) is 0.957. The maximum absolute atomic E-state index is 11.7. The predicted molar refractivity (Wildman–Crippen MR) is 82.3 cm³/mol. The highest BCUT2D eigenvalue weighted by atomic mass is 16.5. The number of carbonyl (C=O) groups is 1. The molecule has 1 fully saturated rings. The third kappa shape index (κ3) is 3.05. The fourth-order valence-corrected chi connectivity index (χ4v) is 3.23. The van der Waals surface area contributed by atoms with Crippen molar-refractivity contribution in [2.24, 2.45) is 5.92 Å². The van der Waals surface area contributed by atoms with Gasteiger partial charge in [-0.15, -0.1) is 0 Å². The molecule has 0 amide bonds. The normalized spacial score (nSPS) is 28.1. The van der Waals surface area contributed by atoms with Crippen molar-refractivity contribution in [2.75, 3.05) is 20.2 Å². The first-order valence-corrected chi connectivity index (χ1v) is 7.50. The van der Waals surface area contributed by atoms with Crippen LogP contribution in [0.5, 0.6) is 5.75 Å². The van der Waals surface area contributed by atoms with E-state index in [4.69, 9.17) is 4.74 Å². The van der Waals surface area contributed by atoms with Crippen LogP contribution in [0.1, 0.15) is 32.8 Å². The number of likely N-dealkylation sites (tertiary alicyclic amines) is 1. The molecule has 0 bridgehead atoms. The molecule has 0 aliphatic carbocycles. The Kier molecular flexibility index (Phi) is 4.57. The van der Waals surface area contributed by atoms with Crippen molar-refractivity contribution >= 4 is 5.97 Å². The largest absolute Gasteiger partial charge is 0.508 e. The molecule has 1 aromatic rings. The van der Waals surface area contributed by atoms with Crippen LogP contribution in [-0.2, 0) is 14.9 Å². The third-order valence-corrected chi connectivity index (χ3v) is 5.11. The first-order valence-electron chi connectivity index (χ1n) is 7.50. The van der Waals surface area contributed by atoms with Gasteiger partial charge in [0.05, 0.1) is 7.11 Å². The summed E-state index contributed by atoms with van der Waals surface area (Å²) in [5.74, 6) is 0.523. The van der Waals surface area contributed by atoms with Gasteiger partial charge in [-0.2, -0.15) is 0 Å². The van der Waals surface area contributed by atoms with E-state index in [0.717, 1.165) is 19.5 Å². The lowest BCUT2D eigenvalue weighted by molar-refractivity contribution is -0.147. The first kappa shape index (κ1) is 15.8. The van der Waals surface area contributed by atoms with Crippen LogP contribution < -0.4 is 0 Å². The van der Waals surface area contributed by atoms with E-state index in [-0.39, 0.29) is 17.4 Å². The van der Waals surface area contributed by atoms with E-state index in [9.17, 15) is 9.90 Å². The molecule has 116 valence electrons. The Labute approximate surface area is 126 Å². The van der Waals surface area contributed by atoms with Crippen LogP contribution in [0.3, 0.4) is 0 Å². The summed E-state index contributed by atoms with van der Waals surface area (Å²) in [6.45, 7) is 8.05. The summed E-state index contributed by atoms with van der Waals surface area (Å²) in [6, 6.07) is 7.33. The van der Waals surface area contributed by atoms with Gasteiger partial charge in [-0.25, -0.2) is 0 Å². The van der Waals surface area contributed by atoms with Crippen LogP contribution in [-0.4, -0.2) is 42.2 Å². The van der Waals surface area contributed by atoms with Gasteiger partial charge in [-0.3, -0.25) is 9.69 Å². The summed E-state index contributed by atoms with van der Waals surface area (Å²) in [5, 5.41) is 9.72. The Hall–Kier alpha value is -1.55. The molecule has 4 heteroatoms. The molecule has 0 radical (unpaired) electrons. The van der Waals surface area contributed by atoms with E-state index in [0.29, 0.717) is 11.7 Å². The first-order chi connectivity index (χ1) is 9.88. The highest BCUT2D eigenvalue weighted by molar-refractivity contribution is 5.75. The van der Waals surface area contributed by atoms with Gasteiger partial charge in [-0.1, -0.05) is 26.0 Å². The summed E-state index contributed by atoms with van der Waals surface area (Å²) >= 11 is 0. The number of hydrogen-bond acceptors (Lipinski definition) is 4. The van der Waals surface area contributed by atoms with Crippen LogP contribution in [0.2, 0.25) is 0 Å². The number of phenolic OH excluding ortho intramolecular Hbond substituents is 1. The van der Waals surface area contributed by atoms with Crippen molar-refractivity contribution in [3.8, 4) is 5.75 Å². The Morgan fingerprint density at radius 3 is 2.81 bits per heavy atom. The lowest BCUT2D eigenvalue weighted by atomic mass is 9.68. The molecule has 2 rings (SSSR count). The Bertz CT molecular complexity index is 517. The zero-order valence-electron chi connectivity index (χ0n) is 13.3. The number of ether oxygens (including phenoxy) is 1. The molecule has 3 atom stereocenters. The number of piperidine rings is 1. The van der Waals surface area contributed by atoms with Gasteiger partial charge in [0, 0.05) is 6.54 Å². The van der Waals surface area contributed by atoms with Gasteiger partial charge in [-0.05, 0) is 48.9 Å². The number of nitrogens with zero attached hydrogens (tertiary/aromatic N) is 1. The topological polar surface area (TPSA) is 49.8 Å². The van der Waals surface area contributed by atoms with E-state index in [2.05, 4.69) is 24.8 Å². The SMILES string of the molecule is COC(=O)C(C)N1CC[C@@](C)(c2cccc(O)c2)[C@@H](C)C1. The number of esters is 1. The van der Waals surface area contributed by atoms with Gasteiger partial charge >= 0.3 is 5.97 Å². The minimum atomic E-state index is -0.203. The molecular formula is C17H25NO3. The molecule has 4 nitrogen and oxygen atoms in total. The minimum absolute atomic E-state index is 0.0189. The molecule has 1 saturated heterocycles. The molecular weight excluding hydrogens is 266 g/mol. The smallest absolute Gasteiger partial charge is 0.322 e. The van der Waals surface area contributed by atoms with Crippen molar-refractivity contribution in [3.05, 3.63) is 29.8 Å². The number of carbonyl (C=O) groups excluding carboxylic acids is 1. The van der Waals surface area contributed by atoms with Crippen molar-refractivity contribution in [2.45, 2.75) is 38.6 Å².